The van der Waals surface area contributed by atoms with Gasteiger partial charge in [0, 0.05) is 29.8 Å². The third kappa shape index (κ3) is 2.40. The first-order chi connectivity index (χ1) is 8.72. The molecular formula is C11H13N5OS. The van der Waals surface area contributed by atoms with Gasteiger partial charge in [0.15, 0.2) is 5.16 Å². The van der Waals surface area contributed by atoms with E-state index in [1.807, 2.05) is 12.5 Å². The molecule has 3 rings (SSSR count). The normalized spacial score (nSPS) is 14.9. The quantitative estimate of drug-likeness (QED) is 0.638. The molecule has 0 atom stereocenters. The van der Waals surface area contributed by atoms with Crippen LogP contribution in [0.3, 0.4) is 0 Å². The lowest BCUT2D eigenvalue weighted by molar-refractivity contribution is 0.713. The Morgan fingerprint density at radius 2 is 2.39 bits per heavy atom. The van der Waals surface area contributed by atoms with Gasteiger partial charge in [-0.25, -0.2) is 9.97 Å². The Kier molecular flexibility index (Phi) is 2.83. The molecule has 2 aromatic heterocycles. The molecule has 1 saturated carbocycles. The number of H-pyrrole nitrogens is 1. The average molecular weight is 263 g/mol. The van der Waals surface area contributed by atoms with Crippen LogP contribution in [0.5, 0.6) is 0 Å². The van der Waals surface area contributed by atoms with E-state index in [1.54, 1.807) is 0 Å². The lowest BCUT2D eigenvalue weighted by atomic mass is 10.5. The molecule has 3 N–H and O–H groups in total. The second kappa shape index (κ2) is 4.49. The summed E-state index contributed by atoms with van der Waals surface area (Å²) in [6, 6.07) is 1.88. The summed E-state index contributed by atoms with van der Waals surface area (Å²) in [5.74, 6) is 0.972. The van der Waals surface area contributed by atoms with E-state index in [9.17, 15) is 4.79 Å². The van der Waals surface area contributed by atoms with Crippen molar-refractivity contribution in [3.05, 3.63) is 34.6 Å². The Balaban J connectivity index is 1.73. The predicted molar refractivity (Wildman–Crippen MR) is 69.3 cm³/mol. The van der Waals surface area contributed by atoms with E-state index in [-0.39, 0.29) is 11.4 Å². The molecule has 0 radical (unpaired) electrons. The van der Waals surface area contributed by atoms with Crippen LogP contribution in [-0.4, -0.2) is 19.5 Å². The largest absolute Gasteiger partial charge is 0.383 e. The van der Waals surface area contributed by atoms with Crippen molar-refractivity contribution in [1.29, 1.82) is 0 Å². The van der Waals surface area contributed by atoms with Crippen molar-refractivity contribution >= 4 is 17.6 Å². The molecule has 2 aromatic rings. The van der Waals surface area contributed by atoms with E-state index >= 15 is 0 Å². The van der Waals surface area contributed by atoms with Gasteiger partial charge in [0.1, 0.15) is 5.82 Å². The molecule has 18 heavy (non-hydrogen) atoms. The maximum Gasteiger partial charge on any atom is 0.253 e. The van der Waals surface area contributed by atoms with Crippen molar-refractivity contribution in [3.8, 4) is 0 Å². The number of hydrogen-bond donors (Lipinski definition) is 2. The summed E-state index contributed by atoms with van der Waals surface area (Å²) in [5, 5.41) is 0.545. The number of rotatable bonds is 4. The first-order valence-corrected chi connectivity index (χ1v) is 6.71. The molecule has 94 valence electrons. The number of anilines is 1. The Hall–Kier alpha value is -1.76. The minimum Gasteiger partial charge on any atom is -0.383 e. The van der Waals surface area contributed by atoms with Crippen LogP contribution in [0.1, 0.15) is 24.6 Å². The van der Waals surface area contributed by atoms with E-state index in [4.69, 9.17) is 5.73 Å². The highest BCUT2D eigenvalue weighted by molar-refractivity contribution is 7.98. The highest BCUT2D eigenvalue weighted by atomic mass is 32.2. The van der Waals surface area contributed by atoms with E-state index in [2.05, 4.69) is 19.5 Å². The van der Waals surface area contributed by atoms with Gasteiger partial charge in [-0.3, -0.25) is 4.79 Å². The molecule has 0 aliphatic heterocycles. The summed E-state index contributed by atoms with van der Waals surface area (Å²) in [7, 11) is 0. The van der Waals surface area contributed by atoms with Crippen LogP contribution < -0.4 is 11.3 Å². The number of hydrogen-bond acceptors (Lipinski definition) is 5. The van der Waals surface area contributed by atoms with Gasteiger partial charge >= 0.3 is 0 Å². The predicted octanol–water partition coefficient (Wildman–Crippen LogP) is 1.18. The molecule has 0 bridgehead atoms. The van der Waals surface area contributed by atoms with Crippen molar-refractivity contribution in [2.24, 2.45) is 0 Å². The van der Waals surface area contributed by atoms with Gasteiger partial charge in [-0.15, -0.1) is 0 Å². The standard InChI is InChI=1S/C11H13N5OS/c12-9-3-10(17)15-11(14-9)18-5-8-4-13-6-16(8)7-1-2-7/h3-4,6-7H,1-2,5H2,(H3,12,14,15,17). The van der Waals surface area contributed by atoms with Crippen LogP contribution in [0.2, 0.25) is 0 Å². The molecule has 0 saturated heterocycles. The molecule has 0 spiro atoms. The monoisotopic (exact) mass is 263 g/mol. The minimum absolute atomic E-state index is 0.222. The molecule has 0 amide bonds. The number of nitrogens with zero attached hydrogens (tertiary/aromatic N) is 3. The Labute approximate surface area is 108 Å². The van der Waals surface area contributed by atoms with Gasteiger partial charge in [0.2, 0.25) is 0 Å². The van der Waals surface area contributed by atoms with Gasteiger partial charge < -0.3 is 15.3 Å². The molecule has 0 aromatic carbocycles. The highest BCUT2D eigenvalue weighted by Crippen LogP contribution is 2.36. The lowest BCUT2D eigenvalue weighted by Gasteiger charge is -2.05. The number of nitrogens with two attached hydrogens (primary N) is 1. The van der Waals surface area contributed by atoms with Crippen LogP contribution in [0.15, 0.2) is 28.5 Å². The van der Waals surface area contributed by atoms with Crippen molar-refractivity contribution in [2.75, 3.05) is 5.73 Å². The zero-order valence-corrected chi connectivity index (χ0v) is 10.5. The average Bonchev–Trinajstić information content (AvgIpc) is 3.05. The number of aromatic nitrogens is 4. The van der Waals surface area contributed by atoms with Crippen LogP contribution in [0, 0.1) is 0 Å². The molecule has 1 aliphatic carbocycles. The molecule has 7 heteroatoms. The van der Waals surface area contributed by atoms with E-state index < -0.39 is 0 Å². The fourth-order valence-electron chi connectivity index (χ4n) is 1.79. The third-order valence-corrected chi connectivity index (χ3v) is 3.69. The molecule has 6 nitrogen and oxygen atoms in total. The van der Waals surface area contributed by atoms with Gasteiger partial charge in [-0.2, -0.15) is 0 Å². The summed E-state index contributed by atoms with van der Waals surface area (Å²) in [6.07, 6.45) is 6.17. The topological polar surface area (TPSA) is 89.6 Å². The van der Waals surface area contributed by atoms with Crippen molar-refractivity contribution in [3.63, 3.8) is 0 Å². The number of imidazole rings is 1. The lowest BCUT2D eigenvalue weighted by Crippen LogP contribution is -2.09. The third-order valence-electron chi connectivity index (χ3n) is 2.78. The second-order valence-electron chi connectivity index (χ2n) is 4.29. The minimum atomic E-state index is -0.222. The molecule has 1 aliphatic rings. The number of thioether (sulfide) groups is 1. The first kappa shape index (κ1) is 11.3. The van der Waals surface area contributed by atoms with E-state index in [0.717, 1.165) is 11.4 Å². The Morgan fingerprint density at radius 3 is 3.11 bits per heavy atom. The second-order valence-corrected chi connectivity index (χ2v) is 5.25. The van der Waals surface area contributed by atoms with Crippen molar-refractivity contribution < 1.29 is 0 Å². The van der Waals surface area contributed by atoms with Crippen molar-refractivity contribution in [1.82, 2.24) is 19.5 Å². The fraction of sp³-hybridized carbons (Fsp3) is 0.364. The number of nitrogen functional groups attached to an aromatic ring is 1. The molecular weight excluding hydrogens is 250 g/mol. The first-order valence-electron chi connectivity index (χ1n) is 5.73. The zero-order valence-electron chi connectivity index (χ0n) is 9.67. The maximum atomic E-state index is 11.3. The van der Waals surface area contributed by atoms with Crippen LogP contribution in [-0.2, 0) is 5.75 Å². The van der Waals surface area contributed by atoms with E-state index in [1.165, 1.54) is 30.7 Å². The van der Waals surface area contributed by atoms with Crippen LogP contribution in [0.4, 0.5) is 5.82 Å². The Morgan fingerprint density at radius 1 is 1.56 bits per heavy atom. The molecule has 0 unspecified atom stereocenters. The van der Waals surface area contributed by atoms with Crippen LogP contribution >= 0.6 is 11.8 Å². The summed E-state index contributed by atoms with van der Waals surface area (Å²) >= 11 is 1.46. The highest BCUT2D eigenvalue weighted by Gasteiger charge is 2.25. The van der Waals surface area contributed by atoms with Gasteiger partial charge in [0.25, 0.3) is 5.56 Å². The molecule has 2 heterocycles. The van der Waals surface area contributed by atoms with Gasteiger partial charge in [-0.05, 0) is 12.8 Å². The van der Waals surface area contributed by atoms with Gasteiger partial charge in [-0.1, -0.05) is 11.8 Å². The maximum absolute atomic E-state index is 11.3. The summed E-state index contributed by atoms with van der Waals surface area (Å²) < 4.78 is 2.19. The fourth-order valence-corrected chi connectivity index (χ4v) is 2.64. The Bertz CT molecular complexity index is 616. The van der Waals surface area contributed by atoms with Crippen molar-refractivity contribution in [2.45, 2.75) is 29.8 Å². The SMILES string of the molecule is Nc1cc(=O)[nH]c(SCc2cncn2C2CC2)n1. The summed E-state index contributed by atoms with van der Waals surface area (Å²) in [6.45, 7) is 0. The number of nitrogens with one attached hydrogen (secondary N) is 1. The zero-order chi connectivity index (χ0) is 12.5. The van der Waals surface area contributed by atoms with Crippen LogP contribution in [0.25, 0.3) is 0 Å². The van der Waals surface area contributed by atoms with Gasteiger partial charge in [0.05, 0.1) is 6.33 Å². The number of aromatic amines is 1. The summed E-state index contributed by atoms with van der Waals surface area (Å²) in [5.41, 5.74) is 6.46. The summed E-state index contributed by atoms with van der Waals surface area (Å²) in [4.78, 5) is 22.2. The smallest absolute Gasteiger partial charge is 0.253 e. The molecule has 1 fully saturated rings. The van der Waals surface area contributed by atoms with E-state index in [0.29, 0.717) is 11.2 Å².